The van der Waals surface area contributed by atoms with E-state index in [-0.39, 0.29) is 6.61 Å². The summed E-state index contributed by atoms with van der Waals surface area (Å²) in [5.41, 5.74) is 2.30. The average Bonchev–Trinajstić information content (AvgIpc) is 3.09. The summed E-state index contributed by atoms with van der Waals surface area (Å²) in [6, 6.07) is 9.30. The number of rotatable bonds is 6. The van der Waals surface area contributed by atoms with E-state index in [1.54, 1.807) is 23.5 Å². The number of nitrogens with one attached hydrogen (secondary N) is 1. The lowest BCUT2D eigenvalue weighted by molar-refractivity contribution is -0.119. The molecular formula is C19H18N2O3S2. The van der Waals surface area contributed by atoms with Crippen LogP contribution in [0.5, 0.6) is 0 Å². The third-order valence-corrected chi connectivity index (χ3v) is 6.10. The third kappa shape index (κ3) is 4.45. The van der Waals surface area contributed by atoms with Crippen LogP contribution in [0.15, 0.2) is 34.5 Å². The Labute approximate surface area is 160 Å². The third-order valence-electron chi connectivity index (χ3n) is 4.07. The molecule has 1 aromatic carbocycles. The Hall–Kier alpha value is -2.30. The molecule has 7 heteroatoms. The monoisotopic (exact) mass is 386 g/mol. The molecule has 1 aromatic heterocycles. The average molecular weight is 386 g/mol. The van der Waals surface area contributed by atoms with Gasteiger partial charge in [-0.25, -0.2) is 4.79 Å². The summed E-state index contributed by atoms with van der Waals surface area (Å²) in [6.07, 6.45) is 4.17. The van der Waals surface area contributed by atoms with E-state index in [0.29, 0.717) is 17.0 Å². The highest BCUT2D eigenvalue weighted by Gasteiger charge is 2.21. The van der Waals surface area contributed by atoms with Crippen LogP contribution in [0.4, 0.5) is 5.69 Å². The Bertz CT molecular complexity index is 855. The van der Waals surface area contributed by atoms with Crippen LogP contribution in [0.25, 0.3) is 0 Å². The first-order valence-corrected chi connectivity index (χ1v) is 10.2. The summed E-state index contributed by atoms with van der Waals surface area (Å²) in [7, 11) is 0. The molecular weight excluding hydrogens is 368 g/mol. The van der Waals surface area contributed by atoms with Gasteiger partial charge < -0.3 is 10.1 Å². The van der Waals surface area contributed by atoms with Crippen LogP contribution in [0.3, 0.4) is 0 Å². The van der Waals surface area contributed by atoms with Gasteiger partial charge in [0.15, 0.2) is 6.61 Å². The zero-order valence-electron chi connectivity index (χ0n) is 14.1. The first-order chi connectivity index (χ1) is 12.7. The van der Waals surface area contributed by atoms with E-state index >= 15 is 0 Å². The first kappa shape index (κ1) is 18.5. The number of aryl methyl sites for hydroxylation is 1. The number of anilines is 1. The van der Waals surface area contributed by atoms with E-state index in [1.165, 1.54) is 16.6 Å². The van der Waals surface area contributed by atoms with Crippen molar-refractivity contribution in [3.05, 3.63) is 45.6 Å². The smallest absolute Gasteiger partial charge is 0.339 e. The maximum atomic E-state index is 12.3. The normalized spacial score (nSPS) is 12.7. The maximum Gasteiger partial charge on any atom is 0.339 e. The molecule has 0 unspecified atom stereocenters. The molecule has 3 rings (SSSR count). The van der Waals surface area contributed by atoms with Gasteiger partial charge >= 0.3 is 5.97 Å². The van der Waals surface area contributed by atoms with Crippen molar-refractivity contribution >= 4 is 40.7 Å². The molecule has 1 aliphatic rings. The van der Waals surface area contributed by atoms with Gasteiger partial charge in [0.05, 0.1) is 23.1 Å². The van der Waals surface area contributed by atoms with Crippen molar-refractivity contribution in [2.45, 2.75) is 30.6 Å². The summed E-state index contributed by atoms with van der Waals surface area (Å²) >= 11 is 2.94. The second-order valence-electron chi connectivity index (χ2n) is 5.83. The van der Waals surface area contributed by atoms with E-state index in [1.807, 2.05) is 17.5 Å². The van der Waals surface area contributed by atoms with E-state index in [2.05, 4.69) is 11.4 Å². The molecule has 0 saturated carbocycles. The van der Waals surface area contributed by atoms with Crippen LogP contribution in [-0.2, 0) is 22.4 Å². The summed E-state index contributed by atoms with van der Waals surface area (Å²) in [4.78, 5) is 26.5. The minimum atomic E-state index is -0.438. The summed E-state index contributed by atoms with van der Waals surface area (Å²) in [5, 5.41) is 13.3. The molecule has 1 amide bonds. The number of thiophene rings is 1. The predicted octanol–water partition coefficient (Wildman–Crippen LogP) is 4.04. The van der Waals surface area contributed by atoms with Crippen molar-refractivity contribution in [1.82, 2.24) is 0 Å². The molecule has 0 bridgehead atoms. The zero-order valence-corrected chi connectivity index (χ0v) is 15.8. The lowest BCUT2D eigenvalue weighted by Gasteiger charge is -2.13. The van der Waals surface area contributed by atoms with Gasteiger partial charge in [-0.2, -0.15) is 5.26 Å². The van der Waals surface area contributed by atoms with Crippen LogP contribution in [0, 0.1) is 11.3 Å². The van der Waals surface area contributed by atoms with Crippen molar-refractivity contribution in [3.63, 3.8) is 0 Å². The second-order valence-corrected chi connectivity index (χ2v) is 7.81. The fourth-order valence-corrected chi connectivity index (χ4v) is 4.65. The molecule has 0 radical (unpaired) electrons. The molecule has 26 heavy (non-hydrogen) atoms. The Kier molecular flexibility index (Phi) is 6.31. The molecule has 0 atom stereocenters. The number of hydrogen-bond acceptors (Lipinski definition) is 6. The number of carbonyl (C=O) groups excluding carboxylic acids is 2. The van der Waals surface area contributed by atoms with Gasteiger partial charge in [-0.05, 0) is 43.4 Å². The number of benzene rings is 1. The minimum absolute atomic E-state index is 0.297. The van der Waals surface area contributed by atoms with Gasteiger partial charge in [0.2, 0.25) is 0 Å². The SMILES string of the molecule is N#CCSc1ccccc1NC(=O)COC(=O)c1csc2c1CCCC2. The van der Waals surface area contributed by atoms with Crippen molar-refractivity contribution in [1.29, 1.82) is 5.26 Å². The topological polar surface area (TPSA) is 79.2 Å². The highest BCUT2D eigenvalue weighted by molar-refractivity contribution is 7.99. The number of fused-ring (bicyclic) bond motifs is 1. The predicted molar refractivity (Wildman–Crippen MR) is 103 cm³/mol. The quantitative estimate of drug-likeness (QED) is 0.599. The number of nitrogens with zero attached hydrogens (tertiary/aromatic N) is 1. The Morgan fingerprint density at radius 1 is 1.27 bits per heavy atom. The van der Waals surface area contributed by atoms with E-state index in [9.17, 15) is 9.59 Å². The van der Waals surface area contributed by atoms with Crippen LogP contribution in [0.2, 0.25) is 0 Å². The van der Waals surface area contributed by atoms with Gasteiger partial charge in [-0.1, -0.05) is 12.1 Å². The van der Waals surface area contributed by atoms with Crippen molar-refractivity contribution in [3.8, 4) is 6.07 Å². The van der Waals surface area contributed by atoms with Crippen LogP contribution in [0.1, 0.15) is 33.6 Å². The van der Waals surface area contributed by atoms with Gasteiger partial charge in [0.1, 0.15) is 0 Å². The van der Waals surface area contributed by atoms with E-state index in [0.717, 1.165) is 36.1 Å². The lowest BCUT2D eigenvalue weighted by Crippen LogP contribution is -2.21. The first-order valence-electron chi connectivity index (χ1n) is 8.34. The molecule has 134 valence electrons. The fourth-order valence-electron chi connectivity index (χ4n) is 2.87. The molecule has 0 aliphatic heterocycles. The highest BCUT2D eigenvalue weighted by Crippen LogP contribution is 2.30. The Morgan fingerprint density at radius 2 is 2.08 bits per heavy atom. The molecule has 1 N–H and O–H groups in total. The number of ether oxygens (including phenoxy) is 1. The van der Waals surface area contributed by atoms with E-state index in [4.69, 9.17) is 10.00 Å². The summed E-state index contributed by atoms with van der Waals surface area (Å²) < 4.78 is 5.20. The van der Waals surface area contributed by atoms with Gasteiger partial charge in [0, 0.05) is 15.2 Å². The van der Waals surface area contributed by atoms with Crippen LogP contribution < -0.4 is 5.32 Å². The number of carbonyl (C=O) groups is 2. The standard InChI is InChI=1S/C19H18N2O3S2/c20-9-10-25-17-8-4-2-6-15(17)21-18(22)11-24-19(23)14-12-26-16-7-3-1-5-13(14)16/h2,4,6,8,12H,1,3,5,7,10-11H2,(H,21,22). The van der Waals surface area contributed by atoms with Gasteiger partial charge in [0.25, 0.3) is 5.91 Å². The molecule has 0 fully saturated rings. The molecule has 2 aromatic rings. The summed E-state index contributed by atoms with van der Waals surface area (Å²) in [5.74, 6) is -0.537. The Balaban J connectivity index is 1.57. The molecule has 5 nitrogen and oxygen atoms in total. The fraction of sp³-hybridized carbons (Fsp3) is 0.316. The number of thioether (sulfide) groups is 1. The number of para-hydroxylation sites is 1. The van der Waals surface area contributed by atoms with Crippen molar-refractivity contribution < 1.29 is 14.3 Å². The van der Waals surface area contributed by atoms with Gasteiger partial charge in [-0.3, -0.25) is 4.79 Å². The van der Waals surface area contributed by atoms with Crippen molar-refractivity contribution in [2.75, 3.05) is 17.7 Å². The maximum absolute atomic E-state index is 12.3. The van der Waals surface area contributed by atoms with Crippen LogP contribution >= 0.6 is 23.1 Å². The number of esters is 1. The van der Waals surface area contributed by atoms with Crippen molar-refractivity contribution in [2.24, 2.45) is 0 Å². The highest BCUT2D eigenvalue weighted by atomic mass is 32.2. The number of nitriles is 1. The second kappa shape index (κ2) is 8.88. The largest absolute Gasteiger partial charge is 0.452 e. The Morgan fingerprint density at radius 3 is 2.92 bits per heavy atom. The number of hydrogen-bond donors (Lipinski definition) is 1. The van der Waals surface area contributed by atoms with Gasteiger partial charge in [-0.15, -0.1) is 23.1 Å². The summed E-state index contributed by atoms with van der Waals surface area (Å²) in [6.45, 7) is -0.333. The molecule has 0 spiro atoms. The molecule has 1 heterocycles. The molecule has 1 aliphatic carbocycles. The zero-order chi connectivity index (χ0) is 18.4. The lowest BCUT2D eigenvalue weighted by atomic mass is 9.96. The molecule has 0 saturated heterocycles. The number of amides is 1. The minimum Gasteiger partial charge on any atom is -0.452 e. The van der Waals surface area contributed by atoms with Crippen LogP contribution in [-0.4, -0.2) is 24.2 Å². The van der Waals surface area contributed by atoms with E-state index < -0.39 is 11.9 Å².